The van der Waals surface area contributed by atoms with E-state index in [0.717, 1.165) is 32.0 Å². The summed E-state index contributed by atoms with van der Waals surface area (Å²) in [5, 5.41) is 2.95. The molecule has 2 aliphatic rings. The van der Waals surface area contributed by atoms with Crippen LogP contribution in [-0.2, 0) is 14.8 Å². The van der Waals surface area contributed by atoms with Gasteiger partial charge in [-0.15, -0.1) is 0 Å². The Hall–Kier alpha value is -2.00. The maximum Gasteiger partial charge on any atom is 0.232 e. The van der Waals surface area contributed by atoms with Gasteiger partial charge in [0.1, 0.15) is 0 Å². The molecule has 1 aromatic rings. The minimum atomic E-state index is -3.47. The van der Waals surface area contributed by atoms with E-state index in [2.05, 4.69) is 17.1 Å². The number of carbonyl (C=O) groups excluding carboxylic acids is 1. The molecule has 0 radical (unpaired) electrons. The first-order valence-corrected chi connectivity index (χ1v) is 12.5. The second-order valence-electron chi connectivity index (χ2n) is 8.20. The van der Waals surface area contributed by atoms with Crippen molar-refractivity contribution in [3.63, 3.8) is 0 Å². The predicted molar refractivity (Wildman–Crippen MR) is 116 cm³/mol. The minimum absolute atomic E-state index is 0.0404. The molecule has 0 aromatic heterocycles. The van der Waals surface area contributed by atoms with Gasteiger partial charge in [-0.2, -0.15) is 0 Å². The Morgan fingerprint density at radius 3 is 2.67 bits per heavy atom. The number of piperidine rings is 1. The zero-order valence-electron chi connectivity index (χ0n) is 17.9. The molecule has 2 aliphatic heterocycles. The minimum Gasteiger partial charge on any atom is -0.454 e. The van der Waals surface area contributed by atoms with E-state index in [4.69, 9.17) is 9.47 Å². The highest BCUT2D eigenvalue weighted by molar-refractivity contribution is 7.92. The number of anilines is 1. The third kappa shape index (κ3) is 6.50. The molecule has 1 saturated heterocycles. The molecule has 0 saturated carbocycles. The van der Waals surface area contributed by atoms with Crippen LogP contribution in [0.15, 0.2) is 18.2 Å². The van der Waals surface area contributed by atoms with Crippen molar-refractivity contribution in [3.05, 3.63) is 18.2 Å². The molecule has 0 bridgehead atoms. The highest BCUT2D eigenvalue weighted by Crippen LogP contribution is 2.36. The van der Waals surface area contributed by atoms with E-state index in [9.17, 15) is 13.2 Å². The summed E-state index contributed by atoms with van der Waals surface area (Å²) in [5.41, 5.74) is 0.512. The maximum absolute atomic E-state index is 12.2. The number of benzene rings is 1. The first-order chi connectivity index (χ1) is 14.3. The number of nitrogens with zero attached hydrogens (tertiary/aromatic N) is 2. The van der Waals surface area contributed by atoms with E-state index < -0.39 is 10.0 Å². The summed E-state index contributed by atoms with van der Waals surface area (Å²) in [6.45, 7) is 6.63. The molecule has 30 heavy (non-hydrogen) atoms. The largest absolute Gasteiger partial charge is 0.454 e. The van der Waals surface area contributed by atoms with Crippen LogP contribution < -0.4 is 19.1 Å². The second-order valence-corrected chi connectivity index (χ2v) is 10.1. The number of rotatable bonds is 10. The maximum atomic E-state index is 12.2. The fourth-order valence-corrected chi connectivity index (χ4v) is 4.77. The number of likely N-dealkylation sites (tertiary alicyclic amines) is 1. The highest BCUT2D eigenvalue weighted by atomic mass is 32.2. The molecular formula is C21H33N3O5S. The van der Waals surface area contributed by atoms with Crippen LogP contribution in [0.1, 0.15) is 39.0 Å². The van der Waals surface area contributed by atoms with E-state index in [1.54, 1.807) is 18.2 Å². The van der Waals surface area contributed by atoms with Gasteiger partial charge in [0.05, 0.1) is 11.9 Å². The summed E-state index contributed by atoms with van der Waals surface area (Å²) in [4.78, 5) is 14.6. The molecule has 3 rings (SSSR count). The average Bonchev–Trinajstić information content (AvgIpc) is 3.17. The van der Waals surface area contributed by atoms with E-state index in [1.807, 2.05) is 0 Å². The van der Waals surface area contributed by atoms with Crippen molar-refractivity contribution in [2.45, 2.75) is 39.0 Å². The van der Waals surface area contributed by atoms with Crippen LogP contribution >= 0.6 is 0 Å². The van der Waals surface area contributed by atoms with Gasteiger partial charge in [0, 0.05) is 25.6 Å². The molecule has 1 N–H and O–H groups in total. The smallest absolute Gasteiger partial charge is 0.232 e. The number of fused-ring (bicyclic) bond motifs is 1. The molecule has 0 unspecified atom stereocenters. The fraction of sp³-hybridized carbons (Fsp3) is 0.667. The SMILES string of the molecule is CC1CCN(CCCNC(=O)CCCN(c2ccc3c(c2)OCO3)S(C)(=O)=O)CC1. The van der Waals surface area contributed by atoms with Crippen molar-refractivity contribution < 1.29 is 22.7 Å². The molecule has 0 atom stereocenters. The molecule has 1 amide bonds. The van der Waals surface area contributed by atoms with Crippen molar-refractivity contribution in [1.82, 2.24) is 10.2 Å². The normalized spacial score (nSPS) is 17.1. The van der Waals surface area contributed by atoms with Gasteiger partial charge in [0.2, 0.25) is 22.7 Å². The lowest BCUT2D eigenvalue weighted by atomic mass is 9.99. The van der Waals surface area contributed by atoms with Crippen molar-refractivity contribution in [3.8, 4) is 11.5 Å². The van der Waals surface area contributed by atoms with Gasteiger partial charge in [-0.1, -0.05) is 6.92 Å². The van der Waals surface area contributed by atoms with Gasteiger partial charge in [-0.3, -0.25) is 9.10 Å². The number of sulfonamides is 1. The molecular weight excluding hydrogens is 406 g/mol. The quantitative estimate of drug-likeness (QED) is 0.563. The van der Waals surface area contributed by atoms with E-state index in [-0.39, 0.29) is 25.7 Å². The Morgan fingerprint density at radius 2 is 1.93 bits per heavy atom. The molecule has 2 heterocycles. The summed E-state index contributed by atoms with van der Waals surface area (Å²) in [6.07, 6.45) is 5.35. The lowest BCUT2D eigenvalue weighted by Gasteiger charge is -2.30. The predicted octanol–water partition coefficient (Wildman–Crippen LogP) is 2.20. The van der Waals surface area contributed by atoms with Gasteiger partial charge in [0.25, 0.3) is 0 Å². The van der Waals surface area contributed by atoms with Crippen LogP contribution in [0.3, 0.4) is 0 Å². The molecule has 168 valence electrons. The summed E-state index contributed by atoms with van der Waals surface area (Å²) in [5.74, 6) is 1.92. The number of carbonyl (C=O) groups is 1. The molecule has 1 aromatic carbocycles. The summed E-state index contributed by atoms with van der Waals surface area (Å²) < 4.78 is 36.4. The number of ether oxygens (including phenoxy) is 2. The number of amides is 1. The van der Waals surface area contributed by atoms with Gasteiger partial charge in [0.15, 0.2) is 11.5 Å². The van der Waals surface area contributed by atoms with Crippen LogP contribution in [0.25, 0.3) is 0 Å². The number of nitrogens with one attached hydrogen (secondary N) is 1. The van der Waals surface area contributed by atoms with Crippen molar-refractivity contribution in [1.29, 1.82) is 0 Å². The van der Waals surface area contributed by atoms with Gasteiger partial charge < -0.3 is 19.7 Å². The van der Waals surface area contributed by atoms with Crippen molar-refractivity contribution >= 4 is 21.6 Å². The lowest BCUT2D eigenvalue weighted by molar-refractivity contribution is -0.121. The summed E-state index contributed by atoms with van der Waals surface area (Å²) in [7, 11) is -3.47. The first-order valence-electron chi connectivity index (χ1n) is 10.7. The Labute approximate surface area is 179 Å². The van der Waals surface area contributed by atoms with Crippen LogP contribution in [0.5, 0.6) is 11.5 Å². The first kappa shape index (κ1) is 22.7. The van der Waals surface area contributed by atoms with Crippen LogP contribution in [-0.4, -0.2) is 65.0 Å². The summed E-state index contributed by atoms with van der Waals surface area (Å²) in [6, 6.07) is 5.05. The molecule has 0 spiro atoms. The van der Waals surface area contributed by atoms with Crippen molar-refractivity contribution in [2.24, 2.45) is 5.92 Å². The standard InChI is InChI=1S/C21H33N3O5S/c1-17-8-13-23(14-9-17)11-4-10-22-21(25)5-3-12-24(30(2,26)27)18-6-7-19-20(15-18)29-16-28-19/h6-7,15,17H,3-5,8-14,16H2,1-2H3,(H,22,25). The fourth-order valence-electron chi connectivity index (χ4n) is 3.81. The Morgan fingerprint density at radius 1 is 1.20 bits per heavy atom. The zero-order chi connectivity index (χ0) is 21.6. The third-order valence-corrected chi connectivity index (χ3v) is 6.85. The second kappa shape index (κ2) is 10.3. The van der Waals surface area contributed by atoms with Crippen molar-refractivity contribution in [2.75, 3.05) is 50.1 Å². The van der Waals surface area contributed by atoms with Crippen LogP contribution in [0, 0.1) is 5.92 Å². The Balaban J connectivity index is 1.39. The number of hydrogen-bond donors (Lipinski definition) is 1. The molecule has 8 nitrogen and oxygen atoms in total. The summed E-state index contributed by atoms with van der Waals surface area (Å²) >= 11 is 0. The topological polar surface area (TPSA) is 88.2 Å². The highest BCUT2D eigenvalue weighted by Gasteiger charge is 2.21. The number of hydrogen-bond acceptors (Lipinski definition) is 6. The molecule has 0 aliphatic carbocycles. The van der Waals surface area contributed by atoms with E-state index in [0.29, 0.717) is 30.2 Å². The van der Waals surface area contributed by atoms with Crippen LogP contribution in [0.2, 0.25) is 0 Å². The molecule has 9 heteroatoms. The van der Waals surface area contributed by atoms with Gasteiger partial charge >= 0.3 is 0 Å². The Kier molecular flexibility index (Phi) is 7.82. The van der Waals surface area contributed by atoms with E-state index >= 15 is 0 Å². The zero-order valence-corrected chi connectivity index (χ0v) is 18.7. The molecule has 1 fully saturated rings. The van der Waals surface area contributed by atoms with Crippen LogP contribution in [0.4, 0.5) is 5.69 Å². The lowest BCUT2D eigenvalue weighted by Crippen LogP contribution is -2.35. The average molecular weight is 440 g/mol. The monoisotopic (exact) mass is 439 g/mol. The van der Waals surface area contributed by atoms with Gasteiger partial charge in [-0.25, -0.2) is 8.42 Å². The Bertz CT molecular complexity index is 822. The third-order valence-electron chi connectivity index (χ3n) is 5.66. The van der Waals surface area contributed by atoms with Gasteiger partial charge in [-0.05, 0) is 63.4 Å². The van der Waals surface area contributed by atoms with E-state index in [1.165, 1.54) is 23.4 Å².